The first kappa shape index (κ1) is 19.4. The van der Waals surface area contributed by atoms with E-state index in [2.05, 4.69) is 110 Å². The second kappa shape index (κ2) is 8.10. The number of hydrogen-bond donors (Lipinski definition) is 0. The molecule has 3 rings (SSSR count). The Kier molecular flexibility index (Phi) is 6.03. The van der Waals surface area contributed by atoms with Crippen molar-refractivity contribution >= 4 is 34.3 Å². The Bertz CT molecular complexity index is 844. The Morgan fingerprint density at radius 2 is 1.69 bits per heavy atom. The third-order valence-corrected chi connectivity index (χ3v) is 7.27. The van der Waals surface area contributed by atoms with Gasteiger partial charge >= 0.3 is 0 Å². The van der Waals surface area contributed by atoms with Gasteiger partial charge in [0, 0.05) is 22.9 Å². The summed E-state index contributed by atoms with van der Waals surface area (Å²) >= 11 is 4.14. The van der Waals surface area contributed by atoms with E-state index in [9.17, 15) is 0 Å². The quantitative estimate of drug-likeness (QED) is 0.434. The van der Waals surface area contributed by atoms with Crippen LogP contribution in [0, 0.1) is 6.92 Å². The van der Waals surface area contributed by atoms with Gasteiger partial charge in [0.25, 0.3) is 0 Å². The van der Waals surface area contributed by atoms with Crippen LogP contribution in [-0.2, 0) is 10.6 Å². The maximum atomic E-state index is 4.29. The first-order valence-corrected chi connectivity index (χ1v) is 11.0. The van der Waals surface area contributed by atoms with Crippen molar-refractivity contribution in [3.63, 3.8) is 0 Å². The van der Waals surface area contributed by atoms with Crippen molar-refractivity contribution in [2.45, 2.75) is 55.7 Å². The zero-order valence-corrected chi connectivity index (χ0v) is 17.9. The highest BCUT2D eigenvalue weighted by Crippen LogP contribution is 2.54. The molecule has 4 heteroatoms. The van der Waals surface area contributed by atoms with Gasteiger partial charge in [-0.1, -0.05) is 64.1 Å². The van der Waals surface area contributed by atoms with Crippen molar-refractivity contribution in [2.24, 2.45) is 0 Å². The Balaban J connectivity index is 2.26. The van der Waals surface area contributed by atoms with E-state index in [1.807, 2.05) is 12.5 Å². The molecule has 0 fully saturated rings. The molecule has 0 amide bonds. The van der Waals surface area contributed by atoms with Crippen LogP contribution in [0.15, 0.2) is 55.1 Å². The van der Waals surface area contributed by atoms with E-state index in [1.165, 1.54) is 21.9 Å². The van der Waals surface area contributed by atoms with Gasteiger partial charge in [0.2, 0.25) is 0 Å². The summed E-state index contributed by atoms with van der Waals surface area (Å²) in [4.78, 5) is 4.29. The Morgan fingerprint density at radius 1 is 1.00 bits per heavy atom. The molecule has 2 nitrogen and oxygen atoms in total. The summed E-state index contributed by atoms with van der Waals surface area (Å²) in [5.41, 5.74) is 2.83. The zero-order valence-electron chi connectivity index (χ0n) is 16.3. The van der Waals surface area contributed by atoms with Crippen LogP contribution in [0.4, 0.5) is 0 Å². The third kappa shape index (κ3) is 4.12. The van der Waals surface area contributed by atoms with Gasteiger partial charge in [-0.15, -0.1) is 23.5 Å². The molecule has 3 aromatic rings. The predicted molar refractivity (Wildman–Crippen MR) is 118 cm³/mol. The lowest BCUT2D eigenvalue weighted by Crippen LogP contribution is -2.29. The number of imidazole rings is 1. The van der Waals surface area contributed by atoms with Crippen LogP contribution < -0.4 is 0 Å². The lowest BCUT2D eigenvalue weighted by atomic mass is 9.96. The van der Waals surface area contributed by atoms with Crippen molar-refractivity contribution < 1.29 is 0 Å². The summed E-state index contributed by atoms with van der Waals surface area (Å²) in [6.45, 7) is 12.4. The van der Waals surface area contributed by atoms with Gasteiger partial charge in [-0.25, -0.2) is 4.98 Å². The van der Waals surface area contributed by atoms with Gasteiger partial charge in [-0.2, -0.15) is 0 Å². The minimum absolute atomic E-state index is 0.0615. The van der Waals surface area contributed by atoms with Crippen LogP contribution in [0.2, 0.25) is 0 Å². The molecule has 2 aromatic carbocycles. The number of rotatable bonds is 7. The Labute approximate surface area is 165 Å². The van der Waals surface area contributed by atoms with Crippen molar-refractivity contribution in [2.75, 3.05) is 0 Å². The SMILES string of the molecule is Cc1ccc2ccccc2c1C(Cn1ccnc1)(SC(C)C)SC(C)C. The molecule has 26 heavy (non-hydrogen) atoms. The van der Waals surface area contributed by atoms with Crippen LogP contribution in [0.3, 0.4) is 0 Å². The average Bonchev–Trinajstić information content (AvgIpc) is 3.05. The highest BCUT2D eigenvalue weighted by molar-refractivity contribution is 8.18. The maximum Gasteiger partial charge on any atom is 0.105 e. The van der Waals surface area contributed by atoms with E-state index in [-0.39, 0.29) is 4.08 Å². The zero-order chi connectivity index (χ0) is 18.7. The summed E-state index contributed by atoms with van der Waals surface area (Å²) in [7, 11) is 0. The monoisotopic (exact) mass is 384 g/mol. The summed E-state index contributed by atoms with van der Waals surface area (Å²) < 4.78 is 2.17. The molecule has 0 aliphatic heterocycles. The van der Waals surface area contributed by atoms with Gasteiger partial charge in [0.1, 0.15) is 4.08 Å². The second-order valence-electron chi connectivity index (χ2n) is 7.30. The second-order valence-corrected chi connectivity index (χ2v) is 11.3. The molecule has 0 radical (unpaired) electrons. The number of thioether (sulfide) groups is 2. The molecule has 1 aromatic heterocycles. The largest absolute Gasteiger partial charge is 0.335 e. The smallest absolute Gasteiger partial charge is 0.105 e. The normalized spacial score (nSPS) is 12.4. The van der Waals surface area contributed by atoms with Crippen LogP contribution in [0.5, 0.6) is 0 Å². The standard InChI is InChI=1S/C22H28N2S2/c1-16(2)25-22(26-17(3)4,14-24-13-12-23-15-24)21-18(5)10-11-19-8-6-7-9-20(19)21/h6-13,15-17H,14H2,1-5H3. The van der Waals surface area contributed by atoms with E-state index >= 15 is 0 Å². The number of aromatic nitrogens is 2. The molecule has 0 spiro atoms. The van der Waals surface area contributed by atoms with Crippen molar-refractivity contribution in [3.8, 4) is 0 Å². The van der Waals surface area contributed by atoms with Crippen molar-refractivity contribution in [1.29, 1.82) is 0 Å². The first-order valence-electron chi connectivity index (χ1n) is 9.21. The van der Waals surface area contributed by atoms with Gasteiger partial charge in [-0.3, -0.25) is 0 Å². The van der Waals surface area contributed by atoms with E-state index in [0.717, 1.165) is 6.54 Å². The summed E-state index contributed by atoms with van der Waals surface area (Å²) in [6, 6.07) is 13.3. The van der Waals surface area contributed by atoms with Gasteiger partial charge in [-0.05, 0) is 28.8 Å². The predicted octanol–water partition coefficient (Wildman–Crippen LogP) is 6.48. The fourth-order valence-electron chi connectivity index (χ4n) is 3.57. The molecular formula is C22H28N2S2. The molecule has 0 aliphatic carbocycles. The van der Waals surface area contributed by atoms with Gasteiger partial charge < -0.3 is 4.57 Å². The van der Waals surface area contributed by atoms with Gasteiger partial charge in [0.15, 0.2) is 0 Å². The molecule has 0 N–H and O–H groups in total. The van der Waals surface area contributed by atoms with E-state index < -0.39 is 0 Å². The van der Waals surface area contributed by atoms with Crippen LogP contribution >= 0.6 is 23.5 Å². The number of hydrogen-bond acceptors (Lipinski definition) is 3. The van der Waals surface area contributed by atoms with Crippen LogP contribution in [0.1, 0.15) is 38.8 Å². The molecule has 138 valence electrons. The number of fused-ring (bicyclic) bond motifs is 1. The molecule has 1 heterocycles. The number of aryl methyl sites for hydroxylation is 1. The minimum atomic E-state index is -0.0615. The fraction of sp³-hybridized carbons (Fsp3) is 0.409. The molecule has 0 bridgehead atoms. The average molecular weight is 385 g/mol. The molecule has 0 saturated carbocycles. The molecule has 0 aliphatic rings. The third-order valence-electron chi connectivity index (χ3n) is 4.32. The number of benzene rings is 2. The first-order chi connectivity index (χ1) is 12.4. The van der Waals surface area contributed by atoms with E-state index in [1.54, 1.807) is 0 Å². The lowest BCUT2D eigenvalue weighted by molar-refractivity contribution is 0.645. The van der Waals surface area contributed by atoms with Gasteiger partial charge in [0.05, 0.1) is 12.9 Å². The molecule has 0 unspecified atom stereocenters. The Morgan fingerprint density at radius 3 is 2.31 bits per heavy atom. The topological polar surface area (TPSA) is 17.8 Å². The van der Waals surface area contributed by atoms with Crippen LogP contribution in [-0.4, -0.2) is 20.1 Å². The van der Waals surface area contributed by atoms with Crippen molar-refractivity contribution in [1.82, 2.24) is 9.55 Å². The number of nitrogens with zero attached hydrogens (tertiary/aromatic N) is 2. The molecular weight excluding hydrogens is 356 g/mol. The van der Waals surface area contributed by atoms with E-state index in [4.69, 9.17) is 0 Å². The molecule has 0 atom stereocenters. The maximum absolute atomic E-state index is 4.29. The summed E-state index contributed by atoms with van der Waals surface area (Å²) in [5.74, 6) is 0. The fourth-order valence-corrected chi connectivity index (χ4v) is 7.69. The van der Waals surface area contributed by atoms with E-state index in [0.29, 0.717) is 10.5 Å². The Hall–Kier alpha value is -1.39. The summed E-state index contributed by atoms with van der Waals surface area (Å²) in [5, 5.41) is 3.75. The molecule has 0 saturated heterocycles. The lowest BCUT2D eigenvalue weighted by Gasteiger charge is -2.38. The summed E-state index contributed by atoms with van der Waals surface area (Å²) in [6.07, 6.45) is 5.90. The highest BCUT2D eigenvalue weighted by atomic mass is 32.2. The van der Waals surface area contributed by atoms with Crippen LogP contribution in [0.25, 0.3) is 10.8 Å². The van der Waals surface area contributed by atoms with Crippen molar-refractivity contribution in [3.05, 3.63) is 66.2 Å². The highest BCUT2D eigenvalue weighted by Gasteiger charge is 2.38. The minimum Gasteiger partial charge on any atom is -0.335 e.